The van der Waals surface area contributed by atoms with E-state index in [0.717, 1.165) is 24.2 Å². The fourth-order valence-corrected chi connectivity index (χ4v) is 3.64. The normalized spacial score (nSPS) is 16.8. The summed E-state index contributed by atoms with van der Waals surface area (Å²) in [5.41, 5.74) is 1.42. The van der Waals surface area contributed by atoms with Crippen LogP contribution in [0.5, 0.6) is 5.75 Å². The maximum absolute atomic E-state index is 12.8. The number of benzene rings is 2. The van der Waals surface area contributed by atoms with Crippen LogP contribution in [0.4, 0.5) is 0 Å². The Kier molecular flexibility index (Phi) is 5.30. The van der Waals surface area contributed by atoms with Crippen LogP contribution in [0.3, 0.4) is 0 Å². The zero-order valence-corrected chi connectivity index (χ0v) is 16.2. The Hall–Kier alpha value is -2.86. The Morgan fingerprint density at radius 2 is 2.11 bits per heavy atom. The second kappa shape index (κ2) is 8.02. The molecule has 0 bridgehead atoms. The Bertz CT molecular complexity index is 988. The molecule has 1 fully saturated rings. The van der Waals surface area contributed by atoms with E-state index in [9.17, 15) is 4.79 Å². The number of piperidine rings is 1. The second-order valence-electron chi connectivity index (χ2n) is 6.79. The predicted molar refractivity (Wildman–Crippen MR) is 106 cm³/mol. The van der Waals surface area contributed by atoms with E-state index in [1.165, 1.54) is 0 Å². The third kappa shape index (κ3) is 3.87. The molecule has 7 heteroatoms. The van der Waals surface area contributed by atoms with Crippen molar-refractivity contribution in [2.75, 3.05) is 20.2 Å². The number of ether oxygens (including phenoxy) is 1. The zero-order valence-electron chi connectivity index (χ0n) is 15.5. The average molecular weight is 398 g/mol. The van der Waals surface area contributed by atoms with Crippen molar-refractivity contribution in [2.24, 2.45) is 0 Å². The number of amides is 1. The van der Waals surface area contributed by atoms with E-state index in [0.29, 0.717) is 35.4 Å². The third-order valence-electron chi connectivity index (χ3n) is 4.90. The van der Waals surface area contributed by atoms with Crippen LogP contribution < -0.4 is 4.74 Å². The van der Waals surface area contributed by atoms with Crippen molar-refractivity contribution in [2.45, 2.75) is 18.8 Å². The first-order valence-corrected chi connectivity index (χ1v) is 9.54. The molecule has 6 nitrogen and oxygen atoms in total. The van der Waals surface area contributed by atoms with Gasteiger partial charge in [-0.2, -0.15) is 4.98 Å². The highest BCUT2D eigenvalue weighted by Crippen LogP contribution is 2.29. The van der Waals surface area contributed by atoms with Crippen molar-refractivity contribution < 1.29 is 14.1 Å². The molecule has 1 aromatic heterocycles. The molecule has 0 saturated carbocycles. The van der Waals surface area contributed by atoms with Gasteiger partial charge in [-0.25, -0.2) is 0 Å². The fourth-order valence-electron chi connectivity index (χ4n) is 3.45. The van der Waals surface area contributed by atoms with E-state index in [-0.39, 0.29) is 11.8 Å². The van der Waals surface area contributed by atoms with E-state index in [1.54, 1.807) is 31.4 Å². The lowest BCUT2D eigenvalue weighted by molar-refractivity contribution is 0.0695. The summed E-state index contributed by atoms with van der Waals surface area (Å²) in [7, 11) is 1.62. The van der Waals surface area contributed by atoms with Crippen LogP contribution in [-0.2, 0) is 0 Å². The summed E-state index contributed by atoms with van der Waals surface area (Å²) in [6.07, 6.45) is 1.78. The lowest BCUT2D eigenvalue weighted by Crippen LogP contribution is -2.39. The molecule has 1 aliphatic rings. The van der Waals surface area contributed by atoms with Crippen LogP contribution in [0, 0.1) is 0 Å². The summed E-state index contributed by atoms with van der Waals surface area (Å²) in [5.74, 6) is 1.80. The molecular weight excluding hydrogens is 378 g/mol. The Morgan fingerprint density at radius 3 is 2.93 bits per heavy atom. The van der Waals surface area contributed by atoms with Gasteiger partial charge in [0.25, 0.3) is 5.91 Å². The highest BCUT2D eigenvalue weighted by molar-refractivity contribution is 6.30. The molecule has 144 valence electrons. The Balaban J connectivity index is 1.50. The molecule has 4 rings (SSSR count). The van der Waals surface area contributed by atoms with Gasteiger partial charge in [0.05, 0.1) is 13.0 Å². The third-order valence-corrected chi connectivity index (χ3v) is 5.13. The molecule has 1 aliphatic heterocycles. The smallest absolute Gasteiger partial charge is 0.253 e. The first kappa shape index (κ1) is 18.5. The number of hydrogen-bond acceptors (Lipinski definition) is 5. The van der Waals surface area contributed by atoms with Gasteiger partial charge in [0.15, 0.2) is 0 Å². The molecule has 0 unspecified atom stereocenters. The van der Waals surface area contributed by atoms with E-state index in [1.807, 2.05) is 29.2 Å². The minimum Gasteiger partial charge on any atom is -0.497 e. The monoisotopic (exact) mass is 397 g/mol. The summed E-state index contributed by atoms with van der Waals surface area (Å²) in [6.45, 7) is 1.25. The highest BCUT2D eigenvalue weighted by atomic mass is 35.5. The summed E-state index contributed by atoms with van der Waals surface area (Å²) >= 11 is 6.02. The second-order valence-corrected chi connectivity index (χ2v) is 7.23. The number of likely N-dealkylation sites (tertiary alicyclic amines) is 1. The van der Waals surface area contributed by atoms with Gasteiger partial charge in [-0.05, 0) is 43.2 Å². The van der Waals surface area contributed by atoms with E-state index < -0.39 is 0 Å². The van der Waals surface area contributed by atoms with Gasteiger partial charge in [-0.3, -0.25) is 4.79 Å². The largest absolute Gasteiger partial charge is 0.497 e. The molecule has 0 N–H and O–H groups in total. The SMILES string of the molecule is COc1cccc(-c2noc([C@@H]3CCCN(C(=O)c4cccc(Cl)c4)C3)n2)c1. The number of methoxy groups -OCH3 is 1. The first-order chi connectivity index (χ1) is 13.6. The molecule has 2 heterocycles. The number of aromatic nitrogens is 2. The highest BCUT2D eigenvalue weighted by Gasteiger charge is 2.29. The molecule has 0 aliphatic carbocycles. The molecule has 0 spiro atoms. The van der Waals surface area contributed by atoms with Gasteiger partial charge >= 0.3 is 0 Å². The van der Waals surface area contributed by atoms with Gasteiger partial charge in [-0.1, -0.05) is 35.0 Å². The Morgan fingerprint density at radius 1 is 1.25 bits per heavy atom. The quantitative estimate of drug-likeness (QED) is 0.651. The molecular formula is C21H20ClN3O3. The Labute approximate surface area is 168 Å². The zero-order chi connectivity index (χ0) is 19.5. The molecule has 0 radical (unpaired) electrons. The summed E-state index contributed by atoms with van der Waals surface area (Å²) in [6, 6.07) is 14.6. The molecule has 2 aromatic carbocycles. The number of hydrogen-bond donors (Lipinski definition) is 0. The van der Waals surface area contributed by atoms with E-state index in [2.05, 4.69) is 10.1 Å². The maximum atomic E-state index is 12.8. The van der Waals surface area contributed by atoms with Crippen molar-refractivity contribution in [1.29, 1.82) is 0 Å². The fraction of sp³-hybridized carbons (Fsp3) is 0.286. The molecule has 3 aromatic rings. The van der Waals surface area contributed by atoms with Gasteiger partial charge < -0.3 is 14.2 Å². The first-order valence-electron chi connectivity index (χ1n) is 9.17. The van der Waals surface area contributed by atoms with Gasteiger partial charge in [0.1, 0.15) is 5.75 Å². The summed E-state index contributed by atoms with van der Waals surface area (Å²) < 4.78 is 10.8. The molecule has 28 heavy (non-hydrogen) atoms. The number of halogens is 1. The van der Waals surface area contributed by atoms with Crippen LogP contribution in [0.25, 0.3) is 11.4 Å². The molecule has 1 saturated heterocycles. The standard InChI is InChI=1S/C21H20ClN3O3/c1-27-18-9-3-5-14(12-18)19-23-20(28-24-19)16-7-4-10-25(13-16)21(26)15-6-2-8-17(22)11-15/h2-3,5-6,8-9,11-12,16H,4,7,10,13H2,1H3/t16-/m1/s1. The minimum absolute atomic E-state index is 0.0174. The molecule has 1 amide bonds. The van der Waals surface area contributed by atoms with Crippen molar-refractivity contribution in [3.05, 3.63) is 65.0 Å². The van der Waals surface area contributed by atoms with E-state index in [4.69, 9.17) is 20.9 Å². The summed E-state index contributed by atoms with van der Waals surface area (Å²) in [5, 5.41) is 4.67. The van der Waals surface area contributed by atoms with Crippen molar-refractivity contribution in [3.63, 3.8) is 0 Å². The maximum Gasteiger partial charge on any atom is 0.253 e. The summed E-state index contributed by atoms with van der Waals surface area (Å²) in [4.78, 5) is 19.2. The lowest BCUT2D eigenvalue weighted by Gasteiger charge is -2.31. The van der Waals surface area contributed by atoms with Crippen LogP contribution in [0.15, 0.2) is 53.1 Å². The topological polar surface area (TPSA) is 68.5 Å². The van der Waals surface area contributed by atoms with Crippen molar-refractivity contribution in [3.8, 4) is 17.1 Å². The number of rotatable bonds is 4. The van der Waals surface area contributed by atoms with Crippen LogP contribution in [0.2, 0.25) is 5.02 Å². The van der Waals surface area contributed by atoms with Gasteiger partial charge in [0.2, 0.25) is 11.7 Å². The van der Waals surface area contributed by atoms with Crippen LogP contribution >= 0.6 is 11.6 Å². The minimum atomic E-state index is -0.0280. The molecule has 1 atom stereocenters. The number of nitrogens with zero attached hydrogens (tertiary/aromatic N) is 3. The van der Waals surface area contributed by atoms with Crippen molar-refractivity contribution in [1.82, 2.24) is 15.0 Å². The number of carbonyl (C=O) groups is 1. The van der Waals surface area contributed by atoms with Gasteiger partial charge in [0, 0.05) is 29.2 Å². The van der Waals surface area contributed by atoms with Crippen molar-refractivity contribution >= 4 is 17.5 Å². The average Bonchev–Trinajstić information content (AvgIpc) is 3.24. The van der Waals surface area contributed by atoms with E-state index >= 15 is 0 Å². The van der Waals surface area contributed by atoms with Gasteiger partial charge in [-0.15, -0.1) is 0 Å². The predicted octanol–water partition coefficient (Wildman–Crippen LogP) is 4.42. The number of carbonyl (C=O) groups excluding carboxylic acids is 1. The lowest BCUT2D eigenvalue weighted by atomic mass is 9.97. The van der Waals surface area contributed by atoms with Crippen LogP contribution in [0.1, 0.15) is 35.0 Å². The van der Waals surface area contributed by atoms with Crippen LogP contribution in [-0.4, -0.2) is 41.1 Å².